The van der Waals surface area contributed by atoms with E-state index in [1.807, 2.05) is 23.6 Å². The Balaban J connectivity index is 0.00000364. The molecule has 0 radical (unpaired) electrons. The van der Waals surface area contributed by atoms with E-state index >= 15 is 0 Å². The number of aromatic nitrogens is 3. The van der Waals surface area contributed by atoms with Crippen molar-refractivity contribution in [2.75, 3.05) is 19.8 Å². The van der Waals surface area contributed by atoms with Gasteiger partial charge >= 0.3 is 0 Å². The summed E-state index contributed by atoms with van der Waals surface area (Å²) in [5.41, 5.74) is 1.74. The van der Waals surface area contributed by atoms with E-state index in [9.17, 15) is 8.42 Å². The Hall–Kier alpha value is -1.69. The molecule has 0 aliphatic carbocycles. The van der Waals surface area contributed by atoms with E-state index in [-0.39, 0.29) is 24.0 Å². The summed E-state index contributed by atoms with van der Waals surface area (Å²) in [6, 6.07) is 5.34. The molecule has 1 heterocycles. The molecule has 0 bridgehead atoms. The van der Waals surface area contributed by atoms with Crippen LogP contribution in [-0.2, 0) is 29.3 Å². The third-order valence-electron chi connectivity index (χ3n) is 3.98. The van der Waals surface area contributed by atoms with Gasteiger partial charge in [-0.25, -0.2) is 8.42 Å². The van der Waals surface area contributed by atoms with Crippen molar-refractivity contribution in [3.63, 3.8) is 0 Å². The van der Waals surface area contributed by atoms with Crippen molar-refractivity contribution in [3.8, 4) is 0 Å². The van der Waals surface area contributed by atoms with Crippen molar-refractivity contribution in [2.45, 2.75) is 38.3 Å². The molecule has 2 N–H and O–H groups in total. The lowest BCUT2D eigenvalue weighted by Crippen LogP contribution is -2.38. The van der Waals surface area contributed by atoms with Crippen LogP contribution in [0.4, 0.5) is 0 Å². The minimum absolute atomic E-state index is 0. The molecule has 0 saturated carbocycles. The van der Waals surface area contributed by atoms with Gasteiger partial charge in [0.1, 0.15) is 12.2 Å². The van der Waals surface area contributed by atoms with Crippen molar-refractivity contribution < 1.29 is 8.42 Å². The number of guanidine groups is 1. The number of sulfone groups is 1. The van der Waals surface area contributed by atoms with Gasteiger partial charge in [0.25, 0.3) is 0 Å². The molecule has 0 saturated heterocycles. The molecule has 2 rings (SSSR count). The highest BCUT2D eigenvalue weighted by atomic mass is 127. The van der Waals surface area contributed by atoms with Crippen LogP contribution in [0.1, 0.15) is 23.9 Å². The number of benzene rings is 1. The van der Waals surface area contributed by atoms with Crippen LogP contribution in [0.5, 0.6) is 0 Å². The first-order chi connectivity index (χ1) is 12.3. The quantitative estimate of drug-likeness (QED) is 0.336. The first-order valence-electron chi connectivity index (χ1n) is 8.46. The zero-order valence-corrected chi connectivity index (χ0v) is 19.2. The first-order valence-corrected chi connectivity index (χ1v) is 10.3. The Labute approximate surface area is 177 Å². The van der Waals surface area contributed by atoms with Gasteiger partial charge in [0.15, 0.2) is 15.8 Å². The maximum atomic E-state index is 11.7. The molecule has 1 aromatic carbocycles. The van der Waals surface area contributed by atoms with Crippen LogP contribution < -0.4 is 10.6 Å². The summed E-state index contributed by atoms with van der Waals surface area (Å²) in [4.78, 5) is 4.57. The maximum absolute atomic E-state index is 11.7. The van der Waals surface area contributed by atoms with Gasteiger partial charge < -0.3 is 15.2 Å². The lowest BCUT2D eigenvalue weighted by molar-refractivity contribution is 0.601. The third-order valence-corrected chi connectivity index (χ3v) is 5.24. The molecule has 0 aliphatic heterocycles. The van der Waals surface area contributed by atoms with E-state index in [0.717, 1.165) is 29.9 Å². The number of rotatable bonds is 7. The van der Waals surface area contributed by atoms with Gasteiger partial charge in [-0.3, -0.25) is 4.99 Å². The van der Waals surface area contributed by atoms with E-state index < -0.39 is 9.84 Å². The molecule has 0 unspecified atom stereocenters. The zero-order chi connectivity index (χ0) is 19.2. The summed E-state index contributed by atoms with van der Waals surface area (Å²) in [5.74, 6) is 1.64. The number of nitrogens with one attached hydrogen (secondary N) is 2. The average Bonchev–Trinajstić information content (AvgIpc) is 3.04. The normalized spacial score (nSPS) is 11.8. The monoisotopic (exact) mass is 506 g/mol. The van der Waals surface area contributed by atoms with Crippen LogP contribution in [0.3, 0.4) is 0 Å². The van der Waals surface area contributed by atoms with Gasteiger partial charge in [0.05, 0.1) is 4.90 Å². The standard InChI is InChI=1S/C17H26N6O2S.HI/c1-5-16-22-21-12-23(16)9-8-19-17(18-3)20-11-14-6-7-15(13(2)10-14)26(4,24)25;/h6-7,10,12H,5,8-9,11H2,1-4H3,(H2,18,19,20);1H. The summed E-state index contributed by atoms with van der Waals surface area (Å²) in [7, 11) is -1.48. The summed E-state index contributed by atoms with van der Waals surface area (Å²) in [5, 5.41) is 14.4. The van der Waals surface area contributed by atoms with Gasteiger partial charge in [-0.15, -0.1) is 34.2 Å². The van der Waals surface area contributed by atoms with E-state index in [4.69, 9.17) is 0 Å². The molecule has 0 atom stereocenters. The second kappa shape index (κ2) is 10.6. The topological polar surface area (TPSA) is 101 Å². The minimum atomic E-state index is -3.19. The van der Waals surface area contributed by atoms with E-state index in [1.165, 1.54) is 6.26 Å². The van der Waals surface area contributed by atoms with Gasteiger partial charge in [-0.2, -0.15) is 0 Å². The van der Waals surface area contributed by atoms with E-state index in [2.05, 4.69) is 25.8 Å². The Kier molecular flexibility index (Phi) is 9.16. The van der Waals surface area contributed by atoms with Crippen molar-refractivity contribution in [2.24, 2.45) is 4.99 Å². The third kappa shape index (κ3) is 6.76. The summed E-state index contributed by atoms with van der Waals surface area (Å²) in [6.07, 6.45) is 3.79. The van der Waals surface area contributed by atoms with Gasteiger partial charge in [0, 0.05) is 39.4 Å². The average molecular weight is 506 g/mol. The molecule has 0 fully saturated rings. The fraction of sp³-hybridized carbons (Fsp3) is 0.471. The second-order valence-electron chi connectivity index (χ2n) is 6.02. The molecular weight excluding hydrogens is 479 g/mol. The highest BCUT2D eigenvalue weighted by molar-refractivity contribution is 14.0. The highest BCUT2D eigenvalue weighted by Gasteiger charge is 2.11. The van der Waals surface area contributed by atoms with Crippen LogP contribution in [-0.4, -0.2) is 49.0 Å². The van der Waals surface area contributed by atoms with Crippen LogP contribution in [0.15, 0.2) is 34.4 Å². The van der Waals surface area contributed by atoms with Crippen LogP contribution in [0, 0.1) is 6.92 Å². The van der Waals surface area contributed by atoms with Crippen LogP contribution in [0.2, 0.25) is 0 Å². The molecule has 27 heavy (non-hydrogen) atoms. The number of hydrogen-bond acceptors (Lipinski definition) is 5. The molecule has 0 aliphatic rings. The molecular formula is C17H27IN6O2S. The van der Waals surface area contributed by atoms with E-state index in [0.29, 0.717) is 23.9 Å². The zero-order valence-electron chi connectivity index (χ0n) is 16.1. The molecule has 0 spiro atoms. The Morgan fingerprint density at radius 2 is 2.04 bits per heavy atom. The second-order valence-corrected chi connectivity index (χ2v) is 8.00. The predicted octanol–water partition coefficient (Wildman–Crippen LogP) is 1.54. The number of aryl methyl sites for hydroxylation is 2. The number of nitrogens with zero attached hydrogens (tertiary/aromatic N) is 4. The smallest absolute Gasteiger partial charge is 0.191 e. The number of hydrogen-bond donors (Lipinski definition) is 2. The number of halogens is 1. The van der Waals surface area contributed by atoms with Crippen molar-refractivity contribution >= 4 is 39.8 Å². The summed E-state index contributed by atoms with van der Waals surface area (Å²) < 4.78 is 25.4. The van der Waals surface area contributed by atoms with E-state index in [1.54, 1.807) is 26.4 Å². The number of aliphatic imine (C=N–C) groups is 1. The molecule has 2 aromatic rings. The lowest BCUT2D eigenvalue weighted by Gasteiger charge is -2.13. The molecule has 8 nitrogen and oxygen atoms in total. The summed E-state index contributed by atoms with van der Waals surface area (Å²) in [6.45, 7) is 5.84. The highest BCUT2D eigenvalue weighted by Crippen LogP contribution is 2.16. The molecule has 150 valence electrons. The van der Waals surface area contributed by atoms with Gasteiger partial charge in [-0.1, -0.05) is 19.1 Å². The van der Waals surface area contributed by atoms with Crippen LogP contribution in [0.25, 0.3) is 0 Å². The maximum Gasteiger partial charge on any atom is 0.191 e. The van der Waals surface area contributed by atoms with Crippen molar-refractivity contribution in [1.82, 2.24) is 25.4 Å². The first kappa shape index (κ1) is 23.3. The molecule has 1 aromatic heterocycles. The van der Waals surface area contributed by atoms with Gasteiger partial charge in [-0.05, 0) is 24.1 Å². The van der Waals surface area contributed by atoms with Crippen LogP contribution >= 0.6 is 24.0 Å². The molecule has 0 amide bonds. The summed E-state index contributed by atoms with van der Waals surface area (Å²) >= 11 is 0. The fourth-order valence-corrected chi connectivity index (χ4v) is 3.64. The Bertz CT molecular complexity index is 879. The minimum Gasteiger partial charge on any atom is -0.355 e. The SMILES string of the molecule is CCc1nncn1CCNC(=NC)NCc1ccc(S(C)(=O)=O)c(C)c1.I. The predicted molar refractivity (Wildman–Crippen MR) is 117 cm³/mol. The van der Waals surface area contributed by atoms with Crippen molar-refractivity contribution in [3.05, 3.63) is 41.5 Å². The Morgan fingerprint density at radius 3 is 2.63 bits per heavy atom. The fourth-order valence-electron chi connectivity index (χ4n) is 2.68. The Morgan fingerprint density at radius 1 is 1.30 bits per heavy atom. The lowest BCUT2D eigenvalue weighted by atomic mass is 10.1. The van der Waals surface area contributed by atoms with Crippen molar-refractivity contribution in [1.29, 1.82) is 0 Å². The largest absolute Gasteiger partial charge is 0.355 e. The molecule has 10 heteroatoms. The van der Waals surface area contributed by atoms with Gasteiger partial charge in [0.2, 0.25) is 0 Å².